The van der Waals surface area contributed by atoms with Gasteiger partial charge in [0.05, 0.1) is 4.90 Å². The largest absolute Gasteiger partial charge is 0.324 e. The Bertz CT molecular complexity index is 517. The Morgan fingerprint density at radius 2 is 1.68 bits per heavy atom. The molecule has 0 saturated carbocycles. The quantitative estimate of drug-likeness (QED) is 0.656. The minimum absolute atomic E-state index is 0.0565. The van der Waals surface area contributed by atoms with Crippen molar-refractivity contribution < 1.29 is 8.42 Å². The minimum atomic E-state index is -3.42. The maximum absolute atomic E-state index is 12.7. The van der Waals surface area contributed by atoms with Gasteiger partial charge < -0.3 is 5.43 Å². The average Bonchev–Trinajstić information content (AvgIpc) is 2.38. The minimum Gasteiger partial charge on any atom is -0.324 e. The van der Waals surface area contributed by atoms with E-state index in [0.717, 1.165) is 19.3 Å². The summed E-state index contributed by atoms with van der Waals surface area (Å²) in [6.45, 7) is 3.95. The number of nitrogens with one attached hydrogen (secondary N) is 1. The van der Waals surface area contributed by atoms with E-state index < -0.39 is 10.0 Å². The van der Waals surface area contributed by atoms with Crippen LogP contribution in [0, 0.1) is 0 Å². The molecule has 1 aliphatic rings. The van der Waals surface area contributed by atoms with Gasteiger partial charge >= 0.3 is 0 Å². The average molecular weight is 283 g/mol. The third-order valence-electron chi connectivity index (χ3n) is 3.71. The van der Waals surface area contributed by atoms with E-state index in [4.69, 9.17) is 5.84 Å². The Balaban J connectivity index is 2.34. The Labute approximate surface area is 114 Å². The molecule has 0 amide bonds. The van der Waals surface area contributed by atoms with Crippen molar-refractivity contribution in [2.45, 2.75) is 50.1 Å². The molecule has 6 heteroatoms. The second-order valence-electron chi connectivity index (χ2n) is 5.13. The molecule has 5 nitrogen and oxygen atoms in total. The van der Waals surface area contributed by atoms with Gasteiger partial charge in [0.2, 0.25) is 10.0 Å². The summed E-state index contributed by atoms with van der Waals surface area (Å²) in [6, 6.07) is 6.65. The van der Waals surface area contributed by atoms with Crippen molar-refractivity contribution in [3.05, 3.63) is 24.3 Å². The van der Waals surface area contributed by atoms with Crippen molar-refractivity contribution in [2.24, 2.45) is 5.84 Å². The van der Waals surface area contributed by atoms with Crippen molar-refractivity contribution in [3.63, 3.8) is 0 Å². The first-order chi connectivity index (χ1) is 8.96. The first-order valence-corrected chi connectivity index (χ1v) is 8.01. The molecule has 3 N–H and O–H groups in total. The molecular weight excluding hydrogens is 262 g/mol. The van der Waals surface area contributed by atoms with Gasteiger partial charge in [-0.3, -0.25) is 5.84 Å². The van der Waals surface area contributed by atoms with Crippen LogP contribution in [0.2, 0.25) is 0 Å². The molecule has 0 radical (unpaired) electrons. The molecule has 2 rings (SSSR count). The number of anilines is 1. The topological polar surface area (TPSA) is 75.4 Å². The number of nitrogen functional groups attached to an aromatic ring is 1. The maximum Gasteiger partial charge on any atom is 0.243 e. The van der Waals surface area contributed by atoms with E-state index in [0.29, 0.717) is 10.6 Å². The lowest BCUT2D eigenvalue weighted by molar-refractivity contribution is 0.204. The highest BCUT2D eigenvalue weighted by Gasteiger charge is 2.35. The van der Waals surface area contributed by atoms with Crippen LogP contribution in [0.3, 0.4) is 0 Å². The lowest BCUT2D eigenvalue weighted by atomic mass is 10.0. The third kappa shape index (κ3) is 2.75. The van der Waals surface area contributed by atoms with Crippen LogP contribution in [0.4, 0.5) is 5.69 Å². The van der Waals surface area contributed by atoms with Crippen molar-refractivity contribution >= 4 is 15.7 Å². The lowest BCUT2D eigenvalue weighted by Gasteiger charge is -2.37. The number of benzene rings is 1. The number of hydrogen-bond acceptors (Lipinski definition) is 4. The second kappa shape index (κ2) is 5.48. The van der Waals surface area contributed by atoms with Gasteiger partial charge in [0.25, 0.3) is 0 Å². The molecule has 1 aliphatic heterocycles. The van der Waals surface area contributed by atoms with Gasteiger partial charge in [-0.25, -0.2) is 8.42 Å². The van der Waals surface area contributed by atoms with Crippen molar-refractivity contribution in [3.8, 4) is 0 Å². The Hall–Kier alpha value is -1.11. The van der Waals surface area contributed by atoms with Gasteiger partial charge in [-0.15, -0.1) is 0 Å². The van der Waals surface area contributed by atoms with Gasteiger partial charge in [0.1, 0.15) is 0 Å². The predicted octanol–water partition coefficient (Wildman–Crippen LogP) is 1.92. The summed E-state index contributed by atoms with van der Waals surface area (Å²) in [5.74, 6) is 5.29. The summed E-state index contributed by atoms with van der Waals surface area (Å²) in [7, 11) is -3.42. The van der Waals surface area contributed by atoms with Crippen LogP contribution in [-0.2, 0) is 10.0 Å². The van der Waals surface area contributed by atoms with Crippen LogP contribution < -0.4 is 11.3 Å². The van der Waals surface area contributed by atoms with E-state index in [1.807, 2.05) is 13.8 Å². The summed E-state index contributed by atoms with van der Waals surface area (Å²) in [4.78, 5) is 0.326. The highest BCUT2D eigenvalue weighted by Crippen LogP contribution is 2.29. The molecule has 1 heterocycles. The molecule has 106 valence electrons. The van der Waals surface area contributed by atoms with Gasteiger partial charge in [-0.1, -0.05) is 6.42 Å². The molecule has 1 aromatic carbocycles. The molecule has 0 aromatic heterocycles. The molecule has 2 atom stereocenters. The maximum atomic E-state index is 12.7. The Kier molecular flexibility index (Phi) is 4.13. The fraction of sp³-hybridized carbons (Fsp3) is 0.538. The molecule has 19 heavy (non-hydrogen) atoms. The molecule has 1 aromatic rings. The normalized spacial score (nSPS) is 25.2. The first kappa shape index (κ1) is 14.3. The van der Waals surface area contributed by atoms with Crippen molar-refractivity contribution in [1.82, 2.24) is 4.31 Å². The van der Waals surface area contributed by atoms with Crippen LogP contribution in [0.25, 0.3) is 0 Å². The molecule has 2 unspecified atom stereocenters. The number of hydrogen-bond donors (Lipinski definition) is 2. The second-order valence-corrected chi connectivity index (χ2v) is 6.98. The zero-order chi connectivity index (χ0) is 14.0. The van der Waals surface area contributed by atoms with E-state index in [1.54, 1.807) is 28.6 Å². The summed E-state index contributed by atoms with van der Waals surface area (Å²) in [5.41, 5.74) is 3.19. The lowest BCUT2D eigenvalue weighted by Crippen LogP contribution is -2.47. The molecule has 0 bridgehead atoms. The van der Waals surface area contributed by atoms with Crippen LogP contribution in [-0.4, -0.2) is 24.8 Å². The monoisotopic (exact) mass is 283 g/mol. The van der Waals surface area contributed by atoms with Crippen LogP contribution >= 0.6 is 0 Å². The fourth-order valence-corrected chi connectivity index (χ4v) is 4.60. The van der Waals surface area contributed by atoms with Crippen LogP contribution in [0.5, 0.6) is 0 Å². The standard InChI is InChI=1S/C13H21N3O2S/c1-10-4-3-5-11(2)16(10)19(17,18)13-8-6-12(15-14)7-9-13/h6-11,15H,3-5,14H2,1-2H3. The SMILES string of the molecule is CC1CCCC(C)N1S(=O)(=O)c1ccc(NN)cc1. The fourth-order valence-electron chi connectivity index (χ4n) is 2.72. The molecule has 0 spiro atoms. The van der Waals surface area contributed by atoms with Crippen LogP contribution in [0.1, 0.15) is 33.1 Å². The van der Waals surface area contributed by atoms with Crippen molar-refractivity contribution in [2.75, 3.05) is 5.43 Å². The zero-order valence-corrected chi connectivity index (χ0v) is 12.2. The van der Waals surface area contributed by atoms with E-state index in [-0.39, 0.29) is 12.1 Å². The highest BCUT2D eigenvalue weighted by molar-refractivity contribution is 7.89. The van der Waals surface area contributed by atoms with Gasteiger partial charge in [0.15, 0.2) is 0 Å². The number of piperidine rings is 1. The molecule has 0 aliphatic carbocycles. The van der Waals surface area contributed by atoms with E-state index >= 15 is 0 Å². The number of rotatable bonds is 3. The van der Waals surface area contributed by atoms with Gasteiger partial charge in [0, 0.05) is 17.8 Å². The molecule has 1 fully saturated rings. The van der Waals surface area contributed by atoms with Crippen molar-refractivity contribution in [1.29, 1.82) is 0 Å². The van der Waals surface area contributed by atoms with E-state index in [1.165, 1.54) is 0 Å². The van der Waals surface area contributed by atoms with E-state index in [9.17, 15) is 8.42 Å². The smallest absolute Gasteiger partial charge is 0.243 e. The summed E-state index contributed by atoms with van der Waals surface area (Å²) in [6.07, 6.45) is 2.93. The highest BCUT2D eigenvalue weighted by atomic mass is 32.2. The predicted molar refractivity (Wildman–Crippen MR) is 76.1 cm³/mol. The summed E-state index contributed by atoms with van der Waals surface area (Å²) in [5, 5.41) is 0. The summed E-state index contributed by atoms with van der Waals surface area (Å²) >= 11 is 0. The number of nitrogens with zero attached hydrogens (tertiary/aromatic N) is 1. The zero-order valence-electron chi connectivity index (χ0n) is 11.3. The number of sulfonamides is 1. The Morgan fingerprint density at radius 3 is 2.16 bits per heavy atom. The van der Waals surface area contributed by atoms with Gasteiger partial charge in [-0.2, -0.15) is 4.31 Å². The Morgan fingerprint density at radius 1 is 1.16 bits per heavy atom. The molecule has 1 saturated heterocycles. The third-order valence-corrected chi connectivity index (χ3v) is 5.85. The first-order valence-electron chi connectivity index (χ1n) is 6.57. The number of nitrogens with two attached hydrogens (primary N) is 1. The molecular formula is C13H21N3O2S. The number of hydrazine groups is 1. The van der Waals surface area contributed by atoms with E-state index in [2.05, 4.69) is 5.43 Å². The summed E-state index contributed by atoms with van der Waals surface area (Å²) < 4.78 is 27.0. The van der Waals surface area contributed by atoms with Gasteiger partial charge in [-0.05, 0) is 51.0 Å². The van der Waals surface area contributed by atoms with Crippen LogP contribution in [0.15, 0.2) is 29.2 Å².